The second-order valence-electron chi connectivity index (χ2n) is 7.72. The molecule has 3 aromatic rings. The van der Waals surface area contributed by atoms with E-state index in [1.165, 1.54) is 4.31 Å². The number of rotatable bonds is 4. The number of aryl methyl sites for hydroxylation is 1. The Balaban J connectivity index is 1.76. The lowest BCUT2D eigenvalue weighted by molar-refractivity contribution is 0.283. The Morgan fingerprint density at radius 2 is 1.39 bits per heavy atom. The van der Waals surface area contributed by atoms with Gasteiger partial charge in [0.05, 0.1) is 24.2 Å². The van der Waals surface area contributed by atoms with E-state index in [4.69, 9.17) is 4.74 Å². The van der Waals surface area contributed by atoms with E-state index < -0.39 is 10.0 Å². The zero-order valence-corrected chi connectivity index (χ0v) is 22.0. The van der Waals surface area contributed by atoms with E-state index in [0.29, 0.717) is 18.8 Å². The first-order valence-electron chi connectivity index (χ1n) is 10.5. The van der Waals surface area contributed by atoms with Gasteiger partial charge in [-0.05, 0) is 54.5 Å². The van der Waals surface area contributed by atoms with Gasteiger partial charge in [0, 0.05) is 20.9 Å². The summed E-state index contributed by atoms with van der Waals surface area (Å²) in [4.78, 5) is 0.248. The van der Waals surface area contributed by atoms with Gasteiger partial charge in [-0.2, -0.15) is 0 Å². The molecule has 0 aromatic heterocycles. The fourth-order valence-electron chi connectivity index (χ4n) is 3.51. The number of nitrogens with zero attached hydrogens (tertiary/aromatic N) is 1. The minimum Gasteiger partial charge on any atom is -0.491 e. The van der Waals surface area contributed by atoms with Gasteiger partial charge in [0.2, 0.25) is 0 Å². The van der Waals surface area contributed by atoms with E-state index in [2.05, 4.69) is 31.9 Å². The molecule has 1 aliphatic rings. The van der Waals surface area contributed by atoms with Crippen molar-refractivity contribution < 1.29 is 13.2 Å². The number of hydrogen-bond donors (Lipinski definition) is 0. The highest BCUT2D eigenvalue weighted by Crippen LogP contribution is 2.28. The summed E-state index contributed by atoms with van der Waals surface area (Å²) in [5, 5.41) is 0. The summed E-state index contributed by atoms with van der Waals surface area (Å²) in [5.41, 5.74) is 3.90. The van der Waals surface area contributed by atoms with Crippen LogP contribution in [-0.2, 0) is 14.8 Å². The van der Waals surface area contributed by atoms with Crippen LogP contribution >= 0.6 is 31.9 Å². The zero-order valence-electron chi connectivity index (χ0n) is 18.0. The third-order valence-electron chi connectivity index (χ3n) is 5.38. The summed E-state index contributed by atoms with van der Waals surface area (Å²) in [7, 11) is -3.78. The summed E-state index contributed by atoms with van der Waals surface area (Å²) in [6.45, 7) is 2.57. The molecule has 170 valence electrons. The largest absolute Gasteiger partial charge is 0.491 e. The van der Waals surface area contributed by atoms with Crippen LogP contribution in [0, 0.1) is 6.92 Å². The molecule has 0 atom stereocenters. The number of benzene rings is 3. The maximum Gasteiger partial charge on any atom is 0.264 e. The second-order valence-corrected chi connectivity index (χ2v) is 11.4. The van der Waals surface area contributed by atoms with Crippen LogP contribution in [0.2, 0.25) is 0 Å². The van der Waals surface area contributed by atoms with Crippen molar-refractivity contribution in [2.45, 2.75) is 18.2 Å². The van der Waals surface area contributed by atoms with Gasteiger partial charge in [-0.25, -0.2) is 8.42 Å². The first-order chi connectivity index (χ1) is 15.8. The van der Waals surface area contributed by atoms with Crippen molar-refractivity contribution in [3.8, 4) is 0 Å². The van der Waals surface area contributed by atoms with Crippen LogP contribution in [0.5, 0.6) is 0 Å². The number of sulfonamides is 1. The van der Waals surface area contributed by atoms with E-state index in [1.807, 2.05) is 73.7 Å². The Morgan fingerprint density at radius 3 is 2.00 bits per heavy atom. The first-order valence-corrected chi connectivity index (χ1v) is 13.5. The van der Waals surface area contributed by atoms with Crippen LogP contribution in [0.3, 0.4) is 0 Å². The Morgan fingerprint density at radius 1 is 0.818 bits per heavy atom. The highest BCUT2D eigenvalue weighted by molar-refractivity contribution is 9.10. The minimum absolute atomic E-state index is 0.199. The van der Waals surface area contributed by atoms with Crippen molar-refractivity contribution in [2.75, 3.05) is 13.2 Å². The Bertz CT molecular complexity index is 1280. The fourth-order valence-corrected chi connectivity index (χ4v) is 5.29. The topological polar surface area (TPSA) is 46.6 Å². The summed E-state index contributed by atoms with van der Waals surface area (Å²) in [6.07, 6.45) is 4.23. The fraction of sp³-hybridized carbons (Fsp3) is 0.154. The average Bonchev–Trinajstić information content (AvgIpc) is 2.91. The standard InChI is InChI=1S/C26H23Br2NO3S/c1-19-2-12-25(13-3-19)33(30,31)29-16-14-21(20-4-8-23(27)9-5-20)15-17-32-26(18-29)22-6-10-24(28)11-7-22/h2-14,18H,15-17H2,1H3/b21-14+,26-18-. The molecule has 1 heterocycles. The zero-order chi connectivity index (χ0) is 23.4. The summed E-state index contributed by atoms with van der Waals surface area (Å²) >= 11 is 6.92. The molecule has 4 rings (SSSR count). The molecule has 3 aromatic carbocycles. The van der Waals surface area contributed by atoms with Gasteiger partial charge in [0.25, 0.3) is 10.0 Å². The molecule has 0 fully saturated rings. The van der Waals surface area contributed by atoms with Crippen LogP contribution in [0.1, 0.15) is 23.1 Å². The third-order valence-corrected chi connectivity index (χ3v) is 8.18. The normalized spacial score (nSPS) is 18.1. The molecule has 0 N–H and O–H groups in total. The highest BCUT2D eigenvalue weighted by atomic mass is 79.9. The van der Waals surface area contributed by atoms with Crippen LogP contribution in [-0.4, -0.2) is 25.9 Å². The highest BCUT2D eigenvalue weighted by Gasteiger charge is 2.23. The quantitative estimate of drug-likeness (QED) is 0.329. The lowest BCUT2D eigenvalue weighted by Gasteiger charge is -2.21. The van der Waals surface area contributed by atoms with Gasteiger partial charge >= 0.3 is 0 Å². The average molecular weight is 589 g/mol. The van der Waals surface area contributed by atoms with Crippen LogP contribution < -0.4 is 0 Å². The monoisotopic (exact) mass is 587 g/mol. The predicted molar refractivity (Wildman–Crippen MR) is 140 cm³/mol. The molecule has 0 spiro atoms. The SMILES string of the molecule is Cc1ccc(S(=O)(=O)N2/C=C(/c3ccc(Br)cc3)OCC/C(c3ccc(Br)cc3)=C\C2)cc1. The van der Waals surface area contributed by atoms with Crippen molar-refractivity contribution in [1.82, 2.24) is 4.31 Å². The molecule has 4 nitrogen and oxygen atoms in total. The first kappa shape index (κ1) is 23.8. The Hall–Kier alpha value is -2.35. The molecular weight excluding hydrogens is 566 g/mol. The summed E-state index contributed by atoms with van der Waals surface area (Å²) in [6, 6.07) is 22.6. The van der Waals surface area contributed by atoms with Gasteiger partial charge in [-0.3, -0.25) is 4.31 Å². The van der Waals surface area contributed by atoms with E-state index >= 15 is 0 Å². The van der Waals surface area contributed by atoms with Gasteiger partial charge in [-0.1, -0.05) is 79.9 Å². The van der Waals surface area contributed by atoms with Crippen molar-refractivity contribution in [3.05, 3.63) is 111 Å². The number of hydrogen-bond acceptors (Lipinski definition) is 3. The molecule has 0 amide bonds. The number of ether oxygens (including phenoxy) is 1. The molecule has 7 heteroatoms. The second kappa shape index (κ2) is 10.3. The Kier molecular flexibility index (Phi) is 7.41. The molecule has 0 bridgehead atoms. The van der Waals surface area contributed by atoms with Crippen molar-refractivity contribution in [1.29, 1.82) is 0 Å². The van der Waals surface area contributed by atoms with E-state index in [0.717, 1.165) is 31.2 Å². The van der Waals surface area contributed by atoms with E-state index in [1.54, 1.807) is 18.3 Å². The van der Waals surface area contributed by atoms with Crippen molar-refractivity contribution in [3.63, 3.8) is 0 Å². The molecular formula is C26H23Br2NO3S. The molecule has 0 aliphatic carbocycles. The molecule has 0 saturated carbocycles. The smallest absolute Gasteiger partial charge is 0.264 e. The molecule has 0 radical (unpaired) electrons. The van der Waals surface area contributed by atoms with Gasteiger partial charge < -0.3 is 4.74 Å². The summed E-state index contributed by atoms with van der Waals surface area (Å²) < 4.78 is 36.6. The molecule has 0 unspecified atom stereocenters. The van der Waals surface area contributed by atoms with Crippen LogP contribution in [0.4, 0.5) is 0 Å². The maximum absolute atomic E-state index is 13.6. The van der Waals surface area contributed by atoms with Gasteiger partial charge in [0.15, 0.2) is 0 Å². The maximum atomic E-state index is 13.6. The molecule has 1 aliphatic heterocycles. The van der Waals surface area contributed by atoms with Gasteiger partial charge in [-0.15, -0.1) is 0 Å². The minimum atomic E-state index is -3.78. The van der Waals surface area contributed by atoms with E-state index in [9.17, 15) is 8.42 Å². The molecule has 33 heavy (non-hydrogen) atoms. The lowest BCUT2D eigenvalue weighted by Crippen LogP contribution is -2.27. The van der Waals surface area contributed by atoms with E-state index in [-0.39, 0.29) is 11.4 Å². The van der Waals surface area contributed by atoms with Crippen molar-refractivity contribution >= 4 is 53.2 Å². The predicted octanol–water partition coefficient (Wildman–Crippen LogP) is 7.01. The van der Waals surface area contributed by atoms with Crippen molar-refractivity contribution in [2.24, 2.45) is 0 Å². The number of halogens is 2. The Labute approximate surface area is 211 Å². The third kappa shape index (κ3) is 5.78. The van der Waals surface area contributed by atoms with Crippen LogP contribution in [0.25, 0.3) is 11.3 Å². The lowest BCUT2D eigenvalue weighted by atomic mass is 10.0. The van der Waals surface area contributed by atoms with Gasteiger partial charge in [0.1, 0.15) is 5.76 Å². The summed E-state index contributed by atoms with van der Waals surface area (Å²) in [5.74, 6) is 0.517. The van der Waals surface area contributed by atoms with Crippen LogP contribution in [0.15, 0.2) is 98.9 Å². The molecule has 0 saturated heterocycles.